The van der Waals surface area contributed by atoms with E-state index in [4.69, 9.17) is 11.6 Å². The molecule has 0 saturated carbocycles. The van der Waals surface area contributed by atoms with Gasteiger partial charge in [-0.3, -0.25) is 0 Å². The van der Waals surface area contributed by atoms with Gasteiger partial charge < -0.3 is 4.74 Å². The summed E-state index contributed by atoms with van der Waals surface area (Å²) in [6.07, 6.45) is 0.687. The van der Waals surface area contributed by atoms with Crippen LogP contribution >= 0.6 is 11.6 Å². The highest BCUT2D eigenvalue weighted by Gasteiger charge is 2.22. The number of aromatic nitrogens is 1. The van der Waals surface area contributed by atoms with E-state index in [1.165, 1.54) is 0 Å². The molecule has 3 nitrogen and oxygen atoms in total. The van der Waals surface area contributed by atoms with Crippen LogP contribution in [0, 0.1) is 17.7 Å². The van der Waals surface area contributed by atoms with Gasteiger partial charge in [0.05, 0.1) is 0 Å². The number of hydrogen-bond donors (Lipinski definition) is 0. The van der Waals surface area contributed by atoms with Crippen LogP contribution in [0.1, 0.15) is 0 Å². The summed E-state index contributed by atoms with van der Waals surface area (Å²) in [5.74, 6) is -7.00. The van der Waals surface area contributed by atoms with Crippen LogP contribution in [0.3, 0.4) is 0 Å². The Kier molecular flexibility index (Phi) is 3.31. The lowest BCUT2D eigenvalue weighted by atomic mass is 10.4. The fourth-order valence-electron chi connectivity index (χ4n) is 0.700. The first kappa shape index (κ1) is 11.5. The zero-order chi connectivity index (χ0) is 11.6. The minimum Gasteiger partial charge on any atom is -0.418 e. The normalized spacial score (nSPS) is 9.87. The number of pyridine rings is 1. The third kappa shape index (κ3) is 2.27. The van der Waals surface area contributed by atoms with E-state index in [2.05, 4.69) is 16.3 Å². The van der Waals surface area contributed by atoms with E-state index in [0.717, 1.165) is 0 Å². The molecule has 1 aromatic rings. The Balaban J connectivity index is 3.26. The molecule has 0 amide bonds. The Bertz CT molecular complexity index is 410. The smallest absolute Gasteiger partial charge is 0.335 e. The van der Waals surface area contributed by atoms with Crippen molar-refractivity contribution in [1.82, 2.24) is 4.98 Å². The first-order valence-corrected chi connectivity index (χ1v) is 3.89. The Morgan fingerprint density at radius 2 is 2.00 bits per heavy atom. The summed E-state index contributed by atoms with van der Waals surface area (Å²) in [6.45, 7) is 3.02. The van der Waals surface area contributed by atoms with E-state index in [1.54, 1.807) is 0 Å². The van der Waals surface area contributed by atoms with E-state index in [9.17, 15) is 18.0 Å². The number of hydrogen-bond acceptors (Lipinski definition) is 3. The molecule has 0 spiro atoms. The molecule has 0 unspecified atom stereocenters. The highest BCUT2D eigenvalue weighted by molar-refractivity contribution is 6.32. The molecule has 1 rings (SSSR count). The van der Waals surface area contributed by atoms with Crippen molar-refractivity contribution in [3.8, 4) is 5.75 Å². The van der Waals surface area contributed by atoms with Crippen LogP contribution in [0.4, 0.5) is 13.2 Å². The zero-order valence-corrected chi connectivity index (χ0v) is 7.82. The molecule has 0 saturated heterocycles. The van der Waals surface area contributed by atoms with Crippen LogP contribution in [0.5, 0.6) is 5.75 Å². The van der Waals surface area contributed by atoms with Crippen molar-refractivity contribution >= 4 is 17.6 Å². The monoisotopic (exact) mass is 237 g/mol. The van der Waals surface area contributed by atoms with Crippen LogP contribution in [-0.4, -0.2) is 11.0 Å². The minimum atomic E-state index is -1.75. The van der Waals surface area contributed by atoms with Crippen LogP contribution < -0.4 is 4.74 Å². The Labute approximate surface area is 87.1 Å². The van der Waals surface area contributed by atoms with Crippen molar-refractivity contribution < 1.29 is 22.7 Å². The van der Waals surface area contributed by atoms with Gasteiger partial charge in [0.25, 0.3) is 5.95 Å². The second-order valence-corrected chi connectivity index (χ2v) is 2.65. The predicted molar refractivity (Wildman–Crippen MR) is 45.0 cm³/mol. The standard InChI is InChI=1S/C8H3ClF3NO2/c1-2-3(14)15-6-4(9)7(11)13-8(12)5(6)10/h2H,1H2. The lowest BCUT2D eigenvalue weighted by molar-refractivity contribution is -0.129. The number of halogens is 4. The lowest BCUT2D eigenvalue weighted by Gasteiger charge is -2.05. The van der Waals surface area contributed by atoms with Gasteiger partial charge in [0, 0.05) is 6.08 Å². The molecular formula is C8H3ClF3NO2. The summed E-state index contributed by atoms with van der Waals surface area (Å²) in [7, 11) is 0. The second kappa shape index (κ2) is 4.31. The molecular weight excluding hydrogens is 235 g/mol. The van der Waals surface area contributed by atoms with Crippen molar-refractivity contribution in [2.24, 2.45) is 0 Å². The van der Waals surface area contributed by atoms with Crippen LogP contribution in [-0.2, 0) is 4.79 Å². The van der Waals surface area contributed by atoms with E-state index >= 15 is 0 Å². The fraction of sp³-hybridized carbons (Fsp3) is 0. The summed E-state index contributed by atoms with van der Waals surface area (Å²) < 4.78 is 42.4. The van der Waals surface area contributed by atoms with Gasteiger partial charge >= 0.3 is 5.97 Å². The van der Waals surface area contributed by atoms with Crippen molar-refractivity contribution in [3.63, 3.8) is 0 Å². The molecule has 0 aromatic carbocycles. The second-order valence-electron chi connectivity index (χ2n) is 2.28. The zero-order valence-electron chi connectivity index (χ0n) is 7.06. The maximum absolute atomic E-state index is 12.9. The van der Waals surface area contributed by atoms with Gasteiger partial charge in [0.2, 0.25) is 11.8 Å². The van der Waals surface area contributed by atoms with Crippen molar-refractivity contribution in [1.29, 1.82) is 0 Å². The van der Waals surface area contributed by atoms with Crippen molar-refractivity contribution in [2.45, 2.75) is 0 Å². The number of ether oxygens (including phenoxy) is 1. The average Bonchev–Trinajstić information content (AvgIpc) is 2.21. The number of esters is 1. The van der Waals surface area contributed by atoms with Gasteiger partial charge in [-0.2, -0.15) is 18.2 Å². The third-order valence-electron chi connectivity index (χ3n) is 1.33. The summed E-state index contributed by atoms with van der Waals surface area (Å²) in [4.78, 5) is 13.2. The largest absolute Gasteiger partial charge is 0.418 e. The fourth-order valence-corrected chi connectivity index (χ4v) is 0.864. The Morgan fingerprint density at radius 1 is 1.40 bits per heavy atom. The van der Waals surface area contributed by atoms with Gasteiger partial charge in [-0.05, 0) is 0 Å². The predicted octanol–water partition coefficient (Wildman–Crippen LogP) is 2.24. The molecule has 1 aromatic heterocycles. The van der Waals surface area contributed by atoms with Gasteiger partial charge in [-0.15, -0.1) is 0 Å². The summed E-state index contributed by atoms with van der Waals surface area (Å²) in [5, 5.41) is -0.913. The minimum absolute atomic E-state index is 0.687. The summed E-state index contributed by atoms with van der Waals surface area (Å²) in [5.41, 5.74) is 0. The lowest BCUT2D eigenvalue weighted by Crippen LogP contribution is -2.08. The molecule has 0 aliphatic heterocycles. The number of carbonyl (C=O) groups excluding carboxylic acids is 1. The van der Waals surface area contributed by atoms with Crippen molar-refractivity contribution in [2.75, 3.05) is 0 Å². The summed E-state index contributed by atoms with van der Waals surface area (Å²) >= 11 is 5.22. The first-order chi connectivity index (χ1) is 6.97. The molecule has 0 fully saturated rings. The molecule has 0 aliphatic rings. The molecule has 7 heteroatoms. The molecule has 80 valence electrons. The average molecular weight is 238 g/mol. The molecule has 0 atom stereocenters. The van der Waals surface area contributed by atoms with Gasteiger partial charge in [-0.1, -0.05) is 18.2 Å². The van der Waals surface area contributed by atoms with Crippen LogP contribution in [0.25, 0.3) is 0 Å². The first-order valence-electron chi connectivity index (χ1n) is 3.51. The number of nitrogens with zero attached hydrogens (tertiary/aromatic N) is 1. The molecule has 1 heterocycles. The van der Waals surface area contributed by atoms with E-state index in [-0.39, 0.29) is 0 Å². The maximum atomic E-state index is 12.9. The number of carbonyl (C=O) groups is 1. The summed E-state index contributed by atoms with van der Waals surface area (Å²) in [6, 6.07) is 0. The quantitative estimate of drug-likeness (QED) is 0.450. The topological polar surface area (TPSA) is 39.2 Å². The van der Waals surface area contributed by atoms with Crippen molar-refractivity contribution in [3.05, 3.63) is 35.4 Å². The SMILES string of the molecule is C=CC(=O)Oc1c(F)c(F)nc(F)c1Cl. The van der Waals surface area contributed by atoms with Gasteiger partial charge in [0.15, 0.2) is 5.75 Å². The third-order valence-corrected chi connectivity index (χ3v) is 1.65. The van der Waals surface area contributed by atoms with E-state index in [0.29, 0.717) is 6.08 Å². The highest BCUT2D eigenvalue weighted by Crippen LogP contribution is 2.30. The van der Waals surface area contributed by atoms with Gasteiger partial charge in [0.1, 0.15) is 5.02 Å². The van der Waals surface area contributed by atoms with Crippen LogP contribution in [0.2, 0.25) is 5.02 Å². The van der Waals surface area contributed by atoms with E-state index in [1.807, 2.05) is 0 Å². The Morgan fingerprint density at radius 3 is 2.53 bits per heavy atom. The van der Waals surface area contributed by atoms with E-state index < -0.39 is 34.5 Å². The molecule has 0 radical (unpaired) electrons. The maximum Gasteiger partial charge on any atom is 0.335 e. The van der Waals surface area contributed by atoms with Crippen LogP contribution in [0.15, 0.2) is 12.7 Å². The molecule has 0 aliphatic carbocycles. The number of rotatable bonds is 2. The molecule has 0 N–H and O–H groups in total. The Hall–Kier alpha value is -1.56. The highest BCUT2D eigenvalue weighted by atomic mass is 35.5. The molecule has 15 heavy (non-hydrogen) atoms. The van der Waals surface area contributed by atoms with Gasteiger partial charge in [-0.25, -0.2) is 4.79 Å². The molecule has 0 bridgehead atoms.